The second kappa shape index (κ2) is 5.27. The van der Waals surface area contributed by atoms with E-state index in [0.717, 1.165) is 6.42 Å². The second-order valence-corrected chi connectivity index (χ2v) is 6.49. The molecule has 0 saturated heterocycles. The fraction of sp³-hybridized carbons (Fsp3) is 0.529. The van der Waals surface area contributed by atoms with Crippen LogP contribution in [0.4, 0.5) is 0 Å². The Morgan fingerprint density at radius 1 is 1.17 bits per heavy atom. The van der Waals surface area contributed by atoms with E-state index in [1.54, 1.807) is 0 Å². The van der Waals surface area contributed by atoms with Gasteiger partial charge in [-0.2, -0.15) is 0 Å². The van der Waals surface area contributed by atoms with Crippen LogP contribution >= 0.6 is 0 Å². The summed E-state index contributed by atoms with van der Waals surface area (Å²) >= 11 is 0. The molecule has 0 saturated carbocycles. The van der Waals surface area contributed by atoms with Gasteiger partial charge in [-0.25, -0.2) is 0 Å². The third kappa shape index (κ3) is 3.71. The van der Waals surface area contributed by atoms with E-state index in [-0.39, 0.29) is 11.1 Å². The summed E-state index contributed by atoms with van der Waals surface area (Å²) in [6.45, 7) is 6.76. The fourth-order valence-corrected chi connectivity index (χ4v) is 2.93. The molecule has 2 rings (SSSR count). The Bertz CT molecular complexity index is 399. The highest BCUT2D eigenvalue weighted by Gasteiger charge is 2.32. The lowest BCUT2D eigenvalue weighted by Gasteiger charge is -2.40. The van der Waals surface area contributed by atoms with Crippen molar-refractivity contribution in [3.63, 3.8) is 0 Å². The van der Waals surface area contributed by atoms with Crippen LogP contribution in [0, 0.1) is 0 Å². The average molecular weight is 243 g/mol. The van der Waals surface area contributed by atoms with Crippen molar-refractivity contribution < 1.29 is 0 Å². The molecular weight excluding hydrogens is 218 g/mol. The highest BCUT2D eigenvalue weighted by atomic mass is 15.0. The van der Waals surface area contributed by atoms with E-state index in [1.807, 2.05) is 0 Å². The monoisotopic (exact) mass is 243 g/mol. The first-order valence-corrected chi connectivity index (χ1v) is 7.00. The van der Waals surface area contributed by atoms with Gasteiger partial charge in [0.2, 0.25) is 0 Å². The van der Waals surface area contributed by atoms with Crippen LogP contribution in [0.1, 0.15) is 45.6 Å². The van der Waals surface area contributed by atoms with Crippen LogP contribution < -0.4 is 5.32 Å². The van der Waals surface area contributed by atoms with Crippen LogP contribution in [0.25, 0.3) is 0 Å². The number of rotatable bonds is 3. The molecule has 1 N–H and O–H groups in total. The molecule has 1 aliphatic rings. The number of allylic oxidation sites excluding steroid dienone is 1. The van der Waals surface area contributed by atoms with Crippen LogP contribution in [-0.4, -0.2) is 11.1 Å². The van der Waals surface area contributed by atoms with E-state index in [9.17, 15) is 0 Å². The Balaban J connectivity index is 2.20. The lowest BCUT2D eigenvalue weighted by Crippen LogP contribution is -2.54. The highest BCUT2D eigenvalue weighted by Crippen LogP contribution is 2.28. The van der Waals surface area contributed by atoms with E-state index in [4.69, 9.17) is 0 Å². The van der Waals surface area contributed by atoms with Gasteiger partial charge < -0.3 is 5.32 Å². The zero-order chi connectivity index (χ0) is 13.1. The molecule has 0 bridgehead atoms. The van der Waals surface area contributed by atoms with E-state index in [1.165, 1.54) is 24.8 Å². The normalized spacial score (nSPS) is 24.2. The van der Waals surface area contributed by atoms with Crippen molar-refractivity contribution in [3.8, 4) is 0 Å². The lowest BCUT2D eigenvalue weighted by molar-refractivity contribution is 0.265. The molecule has 1 unspecified atom stereocenters. The van der Waals surface area contributed by atoms with Crippen LogP contribution in [0.5, 0.6) is 0 Å². The van der Waals surface area contributed by atoms with E-state index < -0.39 is 0 Å². The first-order chi connectivity index (χ1) is 8.49. The predicted molar refractivity (Wildman–Crippen MR) is 78.8 cm³/mol. The maximum absolute atomic E-state index is 3.83. The third-order valence-corrected chi connectivity index (χ3v) is 3.42. The van der Waals surface area contributed by atoms with Crippen LogP contribution in [0.2, 0.25) is 0 Å². The van der Waals surface area contributed by atoms with Crippen molar-refractivity contribution in [2.45, 2.75) is 57.5 Å². The largest absolute Gasteiger partial charge is 0.303 e. The summed E-state index contributed by atoms with van der Waals surface area (Å²) in [6.07, 6.45) is 9.56. The summed E-state index contributed by atoms with van der Waals surface area (Å²) in [6, 6.07) is 10.8. The van der Waals surface area contributed by atoms with Crippen molar-refractivity contribution in [1.29, 1.82) is 0 Å². The van der Waals surface area contributed by atoms with Crippen molar-refractivity contribution >= 4 is 0 Å². The van der Waals surface area contributed by atoms with Crippen LogP contribution in [0.15, 0.2) is 42.5 Å². The second-order valence-electron chi connectivity index (χ2n) is 6.49. The number of hydrogen-bond acceptors (Lipinski definition) is 1. The molecule has 0 aromatic heterocycles. The molecule has 0 radical (unpaired) electrons. The summed E-state index contributed by atoms with van der Waals surface area (Å²) < 4.78 is 0. The summed E-state index contributed by atoms with van der Waals surface area (Å²) in [4.78, 5) is 0. The highest BCUT2D eigenvalue weighted by molar-refractivity contribution is 5.23. The molecule has 0 heterocycles. The number of benzene rings is 1. The van der Waals surface area contributed by atoms with Crippen LogP contribution in [-0.2, 0) is 6.42 Å². The van der Waals surface area contributed by atoms with Crippen molar-refractivity contribution in [1.82, 2.24) is 5.32 Å². The molecule has 1 aromatic rings. The van der Waals surface area contributed by atoms with Gasteiger partial charge in [0, 0.05) is 11.1 Å². The van der Waals surface area contributed by atoms with Gasteiger partial charge in [0.1, 0.15) is 0 Å². The topological polar surface area (TPSA) is 12.0 Å². The fourth-order valence-electron chi connectivity index (χ4n) is 2.93. The number of hydrogen-bond donors (Lipinski definition) is 1. The van der Waals surface area contributed by atoms with Gasteiger partial charge in [-0.15, -0.1) is 0 Å². The smallest absolute Gasteiger partial charge is 0.0409 e. The summed E-state index contributed by atoms with van der Waals surface area (Å²) in [5.41, 5.74) is 1.70. The van der Waals surface area contributed by atoms with E-state index in [2.05, 4.69) is 68.6 Å². The van der Waals surface area contributed by atoms with Gasteiger partial charge in [-0.1, -0.05) is 42.5 Å². The van der Waals surface area contributed by atoms with Gasteiger partial charge in [0.05, 0.1) is 0 Å². The minimum absolute atomic E-state index is 0.137. The molecule has 18 heavy (non-hydrogen) atoms. The quantitative estimate of drug-likeness (QED) is 0.788. The molecule has 98 valence electrons. The Morgan fingerprint density at radius 2 is 1.89 bits per heavy atom. The molecule has 0 amide bonds. The molecular formula is C17H25N. The van der Waals surface area contributed by atoms with Crippen molar-refractivity contribution in [3.05, 3.63) is 48.0 Å². The van der Waals surface area contributed by atoms with E-state index >= 15 is 0 Å². The molecule has 0 spiro atoms. The lowest BCUT2D eigenvalue weighted by atomic mass is 9.80. The van der Waals surface area contributed by atoms with Crippen molar-refractivity contribution in [2.75, 3.05) is 0 Å². The minimum Gasteiger partial charge on any atom is -0.303 e. The van der Waals surface area contributed by atoms with Crippen LogP contribution in [0.3, 0.4) is 0 Å². The van der Waals surface area contributed by atoms with Gasteiger partial charge >= 0.3 is 0 Å². The Morgan fingerprint density at radius 3 is 2.44 bits per heavy atom. The Labute approximate surface area is 111 Å². The first-order valence-electron chi connectivity index (χ1n) is 7.00. The molecule has 1 nitrogen and oxygen atoms in total. The molecule has 1 aromatic carbocycles. The zero-order valence-electron chi connectivity index (χ0n) is 11.9. The SMILES string of the molecule is CC(C)(C)NC1(Cc2ccccc2)C=CCCC1. The Kier molecular flexibility index (Phi) is 3.91. The maximum atomic E-state index is 3.83. The Hall–Kier alpha value is -1.08. The van der Waals surface area contributed by atoms with E-state index in [0.29, 0.717) is 0 Å². The third-order valence-electron chi connectivity index (χ3n) is 3.42. The molecule has 0 fully saturated rings. The summed E-state index contributed by atoms with van der Waals surface area (Å²) in [7, 11) is 0. The summed E-state index contributed by atoms with van der Waals surface area (Å²) in [5.74, 6) is 0. The first kappa shape index (κ1) is 13.4. The van der Waals surface area contributed by atoms with Crippen molar-refractivity contribution in [2.24, 2.45) is 0 Å². The molecule has 1 heteroatoms. The predicted octanol–water partition coefficient (Wildman–Crippen LogP) is 4.10. The standard InChI is InChI=1S/C17H25N/c1-16(2,3)18-17(12-8-5-9-13-17)14-15-10-6-4-7-11-15/h4,6-8,10-12,18H,5,9,13-14H2,1-3H3. The van der Waals surface area contributed by atoms with Gasteiger partial charge in [0.15, 0.2) is 0 Å². The summed E-state index contributed by atoms with van der Waals surface area (Å²) in [5, 5.41) is 3.83. The zero-order valence-corrected chi connectivity index (χ0v) is 11.9. The molecule has 0 aliphatic heterocycles. The average Bonchev–Trinajstić information content (AvgIpc) is 2.28. The molecule has 1 aliphatic carbocycles. The van der Waals surface area contributed by atoms with Gasteiger partial charge in [-0.05, 0) is 52.0 Å². The minimum atomic E-state index is 0.137. The number of nitrogens with one attached hydrogen (secondary N) is 1. The molecule has 1 atom stereocenters. The van der Waals surface area contributed by atoms with Gasteiger partial charge in [0.25, 0.3) is 0 Å². The van der Waals surface area contributed by atoms with Gasteiger partial charge in [-0.3, -0.25) is 0 Å². The maximum Gasteiger partial charge on any atom is 0.0409 e.